The fourth-order valence-corrected chi connectivity index (χ4v) is 2.61. The van der Waals surface area contributed by atoms with Crippen molar-refractivity contribution in [2.24, 2.45) is 0 Å². The molecule has 114 valence electrons. The van der Waals surface area contributed by atoms with Crippen LogP contribution in [0.5, 0.6) is 0 Å². The van der Waals surface area contributed by atoms with Crippen LogP contribution < -0.4 is 16.0 Å². The Bertz CT molecular complexity index is 544. The second-order valence-electron chi connectivity index (χ2n) is 5.20. The molecule has 1 aromatic rings. The van der Waals surface area contributed by atoms with E-state index in [9.17, 15) is 9.59 Å². The number of carbonyl (C=O) groups excluding carboxylic acids is 2. The van der Waals surface area contributed by atoms with Crippen molar-refractivity contribution in [2.75, 3.05) is 43.9 Å². The number of nitrogens with one attached hydrogen (secondary N) is 1. The van der Waals surface area contributed by atoms with Gasteiger partial charge >= 0.3 is 0 Å². The highest BCUT2D eigenvalue weighted by molar-refractivity contribution is 6.00. The average molecular weight is 290 g/mol. The summed E-state index contributed by atoms with van der Waals surface area (Å²) in [6.07, 6.45) is 0.877. The summed E-state index contributed by atoms with van der Waals surface area (Å²) < 4.78 is 0. The van der Waals surface area contributed by atoms with Gasteiger partial charge in [-0.15, -0.1) is 0 Å². The number of anilines is 2. The first kappa shape index (κ1) is 15.2. The van der Waals surface area contributed by atoms with E-state index in [0.717, 1.165) is 25.2 Å². The Morgan fingerprint density at radius 2 is 1.95 bits per heavy atom. The van der Waals surface area contributed by atoms with Crippen molar-refractivity contribution in [2.45, 2.75) is 13.3 Å². The number of benzene rings is 1. The number of nitrogen functional groups attached to an aromatic ring is 1. The van der Waals surface area contributed by atoms with Gasteiger partial charge in [0.1, 0.15) is 0 Å². The van der Waals surface area contributed by atoms with Gasteiger partial charge in [0.25, 0.3) is 5.91 Å². The van der Waals surface area contributed by atoms with Gasteiger partial charge in [-0.3, -0.25) is 9.59 Å². The van der Waals surface area contributed by atoms with Crippen LogP contribution in [0.3, 0.4) is 0 Å². The zero-order valence-electron chi connectivity index (χ0n) is 12.6. The molecule has 0 spiro atoms. The number of hydrogen-bond acceptors (Lipinski definition) is 4. The van der Waals surface area contributed by atoms with Gasteiger partial charge in [-0.1, -0.05) is 0 Å². The Hall–Kier alpha value is -2.24. The van der Waals surface area contributed by atoms with Gasteiger partial charge in [-0.25, -0.2) is 0 Å². The third kappa shape index (κ3) is 3.45. The van der Waals surface area contributed by atoms with E-state index in [2.05, 4.69) is 10.2 Å². The predicted molar refractivity (Wildman–Crippen MR) is 83.3 cm³/mol. The molecular weight excluding hydrogens is 268 g/mol. The minimum absolute atomic E-state index is 0.0935. The summed E-state index contributed by atoms with van der Waals surface area (Å²) in [5, 5.41) is 2.65. The standard InChI is InChI=1S/C15H22N4O2/c1-11(20)18-6-3-7-19(9-8-18)14-10-12(16)4-5-13(14)15(21)17-2/h4-5,10H,3,6-9,16H2,1-2H3,(H,17,21). The molecule has 0 aromatic heterocycles. The van der Waals surface area contributed by atoms with Crippen molar-refractivity contribution in [1.82, 2.24) is 10.2 Å². The number of nitrogens with two attached hydrogens (primary N) is 1. The zero-order valence-corrected chi connectivity index (χ0v) is 12.6. The van der Waals surface area contributed by atoms with E-state index in [-0.39, 0.29) is 11.8 Å². The van der Waals surface area contributed by atoms with Gasteiger partial charge < -0.3 is 20.9 Å². The van der Waals surface area contributed by atoms with E-state index in [1.165, 1.54) is 0 Å². The van der Waals surface area contributed by atoms with E-state index in [4.69, 9.17) is 5.73 Å². The summed E-state index contributed by atoms with van der Waals surface area (Å²) >= 11 is 0. The maximum atomic E-state index is 12.0. The van der Waals surface area contributed by atoms with Crippen molar-refractivity contribution in [3.05, 3.63) is 23.8 Å². The molecule has 1 fully saturated rings. The van der Waals surface area contributed by atoms with Gasteiger partial charge in [0.05, 0.1) is 11.3 Å². The maximum absolute atomic E-state index is 12.0. The van der Waals surface area contributed by atoms with Crippen molar-refractivity contribution in [3.63, 3.8) is 0 Å². The third-order valence-electron chi connectivity index (χ3n) is 3.78. The SMILES string of the molecule is CNC(=O)c1ccc(N)cc1N1CCCN(C(C)=O)CC1. The van der Waals surface area contributed by atoms with Crippen molar-refractivity contribution in [3.8, 4) is 0 Å². The first-order chi connectivity index (χ1) is 10.0. The van der Waals surface area contributed by atoms with Crippen LogP contribution in [0.15, 0.2) is 18.2 Å². The predicted octanol–water partition coefficient (Wildman–Crippen LogP) is 0.687. The van der Waals surface area contributed by atoms with Crippen LogP contribution in [0, 0.1) is 0 Å². The Labute approximate surface area is 124 Å². The van der Waals surface area contributed by atoms with E-state index in [0.29, 0.717) is 24.3 Å². The molecule has 6 heteroatoms. The van der Waals surface area contributed by atoms with Crippen LogP contribution in [-0.2, 0) is 4.79 Å². The molecule has 3 N–H and O–H groups in total. The third-order valence-corrected chi connectivity index (χ3v) is 3.78. The number of hydrogen-bond donors (Lipinski definition) is 2. The fraction of sp³-hybridized carbons (Fsp3) is 0.467. The molecule has 1 aliphatic heterocycles. The smallest absolute Gasteiger partial charge is 0.253 e. The summed E-state index contributed by atoms with van der Waals surface area (Å²) in [4.78, 5) is 27.5. The second kappa shape index (κ2) is 6.47. The average Bonchev–Trinajstić information content (AvgIpc) is 2.72. The highest BCUT2D eigenvalue weighted by Gasteiger charge is 2.20. The Balaban J connectivity index is 2.26. The molecular formula is C15H22N4O2. The lowest BCUT2D eigenvalue weighted by atomic mass is 10.1. The largest absolute Gasteiger partial charge is 0.399 e. The molecule has 0 radical (unpaired) electrons. The molecule has 1 aromatic carbocycles. The van der Waals surface area contributed by atoms with Crippen molar-refractivity contribution >= 4 is 23.2 Å². The molecule has 1 saturated heterocycles. The van der Waals surface area contributed by atoms with E-state index < -0.39 is 0 Å². The summed E-state index contributed by atoms with van der Waals surface area (Å²) in [6.45, 7) is 4.51. The number of rotatable bonds is 2. The molecule has 2 rings (SSSR count). The first-order valence-electron chi connectivity index (χ1n) is 7.15. The molecule has 0 unspecified atom stereocenters. The highest BCUT2D eigenvalue weighted by atomic mass is 16.2. The molecule has 1 heterocycles. The van der Waals surface area contributed by atoms with Crippen LogP contribution in [0.1, 0.15) is 23.7 Å². The lowest BCUT2D eigenvalue weighted by molar-refractivity contribution is -0.128. The fourth-order valence-electron chi connectivity index (χ4n) is 2.61. The molecule has 1 aliphatic rings. The Kier molecular flexibility index (Phi) is 4.67. The van der Waals surface area contributed by atoms with Crippen LogP contribution in [0.2, 0.25) is 0 Å². The van der Waals surface area contributed by atoms with E-state index >= 15 is 0 Å². The summed E-state index contributed by atoms with van der Waals surface area (Å²) in [5.41, 5.74) is 7.94. The number of amides is 2. The first-order valence-corrected chi connectivity index (χ1v) is 7.15. The lowest BCUT2D eigenvalue weighted by Gasteiger charge is -2.25. The monoisotopic (exact) mass is 290 g/mol. The molecule has 21 heavy (non-hydrogen) atoms. The molecule has 0 bridgehead atoms. The quantitative estimate of drug-likeness (QED) is 0.785. The number of nitrogens with zero attached hydrogens (tertiary/aromatic N) is 2. The minimum atomic E-state index is -0.127. The van der Waals surface area contributed by atoms with E-state index in [1.807, 2.05) is 11.0 Å². The molecule has 0 saturated carbocycles. The molecule has 2 amide bonds. The van der Waals surface area contributed by atoms with Crippen LogP contribution in [-0.4, -0.2) is 49.9 Å². The summed E-state index contributed by atoms with van der Waals surface area (Å²) in [5.74, 6) is -0.0337. The van der Waals surface area contributed by atoms with Crippen molar-refractivity contribution < 1.29 is 9.59 Å². The van der Waals surface area contributed by atoms with E-state index in [1.54, 1.807) is 26.1 Å². The summed E-state index contributed by atoms with van der Waals surface area (Å²) in [6, 6.07) is 5.30. The van der Waals surface area contributed by atoms with Gasteiger partial charge in [-0.05, 0) is 24.6 Å². The molecule has 6 nitrogen and oxygen atoms in total. The van der Waals surface area contributed by atoms with Gasteiger partial charge in [0.2, 0.25) is 5.91 Å². The summed E-state index contributed by atoms with van der Waals surface area (Å²) in [7, 11) is 1.61. The van der Waals surface area contributed by atoms with Gasteiger partial charge in [0, 0.05) is 45.8 Å². The van der Waals surface area contributed by atoms with Crippen LogP contribution in [0.4, 0.5) is 11.4 Å². The minimum Gasteiger partial charge on any atom is -0.399 e. The van der Waals surface area contributed by atoms with Crippen molar-refractivity contribution in [1.29, 1.82) is 0 Å². The Morgan fingerprint density at radius 1 is 1.19 bits per heavy atom. The zero-order chi connectivity index (χ0) is 15.4. The van der Waals surface area contributed by atoms with Crippen LogP contribution in [0.25, 0.3) is 0 Å². The topological polar surface area (TPSA) is 78.7 Å². The lowest BCUT2D eigenvalue weighted by Crippen LogP contribution is -2.34. The van der Waals surface area contributed by atoms with Gasteiger partial charge in [-0.2, -0.15) is 0 Å². The van der Waals surface area contributed by atoms with Gasteiger partial charge in [0.15, 0.2) is 0 Å². The second-order valence-corrected chi connectivity index (χ2v) is 5.20. The maximum Gasteiger partial charge on any atom is 0.253 e. The molecule has 0 atom stereocenters. The molecule has 0 aliphatic carbocycles. The Morgan fingerprint density at radius 3 is 2.62 bits per heavy atom. The van der Waals surface area contributed by atoms with Crippen LogP contribution >= 0.6 is 0 Å². The normalized spacial score (nSPS) is 15.5. The number of carbonyl (C=O) groups is 2. The highest BCUT2D eigenvalue weighted by Crippen LogP contribution is 2.25.